The number of nitrogens with zero attached hydrogens (tertiary/aromatic N) is 1. The first-order valence-corrected chi connectivity index (χ1v) is 8.77. The van der Waals surface area contributed by atoms with E-state index in [-0.39, 0.29) is 17.9 Å². The first kappa shape index (κ1) is 15.8. The maximum absolute atomic E-state index is 11.6. The molecule has 21 heavy (non-hydrogen) atoms. The zero-order chi connectivity index (χ0) is 15.5. The van der Waals surface area contributed by atoms with Crippen molar-refractivity contribution in [1.82, 2.24) is 0 Å². The molecule has 5 nitrogen and oxygen atoms in total. The van der Waals surface area contributed by atoms with Crippen LogP contribution in [0.3, 0.4) is 0 Å². The van der Waals surface area contributed by atoms with Crippen molar-refractivity contribution in [2.75, 3.05) is 18.1 Å². The number of benzene rings is 1. The third-order valence-corrected chi connectivity index (χ3v) is 5.53. The molecule has 1 N–H and O–H groups in total. The molecule has 2 atom stereocenters. The van der Waals surface area contributed by atoms with E-state index >= 15 is 0 Å². The molecule has 6 heteroatoms. The zero-order valence-electron chi connectivity index (χ0n) is 11.9. The molecule has 0 amide bonds. The molecule has 1 aliphatic rings. The summed E-state index contributed by atoms with van der Waals surface area (Å²) >= 11 is 0. The van der Waals surface area contributed by atoms with Crippen molar-refractivity contribution in [3.63, 3.8) is 0 Å². The highest BCUT2D eigenvalue weighted by Gasteiger charge is 2.48. The van der Waals surface area contributed by atoms with Crippen molar-refractivity contribution in [3.8, 4) is 11.8 Å². The lowest BCUT2D eigenvalue weighted by atomic mass is 9.80. The average Bonchev–Trinajstić information content (AvgIpc) is 2.81. The lowest BCUT2D eigenvalue weighted by Gasteiger charge is -2.26. The smallest absolute Gasteiger partial charge is 0.152 e. The molecule has 0 aliphatic carbocycles. The number of sulfone groups is 1. The van der Waals surface area contributed by atoms with E-state index in [2.05, 4.69) is 0 Å². The molecule has 1 aromatic carbocycles. The van der Waals surface area contributed by atoms with Crippen LogP contribution in [0.5, 0.6) is 5.75 Å². The predicted molar refractivity (Wildman–Crippen MR) is 78.5 cm³/mol. The normalized spacial score (nSPS) is 25.2. The predicted octanol–water partition coefficient (Wildman–Crippen LogP) is 1.84. The van der Waals surface area contributed by atoms with Crippen LogP contribution in [0.1, 0.15) is 31.4 Å². The van der Waals surface area contributed by atoms with Crippen molar-refractivity contribution in [2.24, 2.45) is 5.41 Å². The van der Waals surface area contributed by atoms with E-state index in [1.54, 1.807) is 24.3 Å². The standard InChI is InChI=1S/C15H19NO4S/c1-2-8-20-13-5-3-12(4-6-13)14(17)15(10-16)7-9-21(18,19)11-15/h3-6,14,17H,2,7-9,11H2,1H3. The van der Waals surface area contributed by atoms with Gasteiger partial charge in [-0.1, -0.05) is 19.1 Å². The fourth-order valence-corrected chi connectivity index (χ4v) is 4.50. The summed E-state index contributed by atoms with van der Waals surface area (Å²) in [6.45, 7) is 2.62. The van der Waals surface area contributed by atoms with Crippen molar-refractivity contribution in [2.45, 2.75) is 25.9 Å². The Labute approximate surface area is 125 Å². The van der Waals surface area contributed by atoms with Gasteiger partial charge in [-0.25, -0.2) is 8.42 Å². The molecule has 0 spiro atoms. The van der Waals surface area contributed by atoms with Gasteiger partial charge in [0.1, 0.15) is 11.2 Å². The Morgan fingerprint density at radius 1 is 1.43 bits per heavy atom. The molecule has 0 radical (unpaired) electrons. The second-order valence-corrected chi connectivity index (χ2v) is 7.61. The largest absolute Gasteiger partial charge is 0.494 e. The summed E-state index contributed by atoms with van der Waals surface area (Å²) in [6.07, 6.45) is -0.0408. The summed E-state index contributed by atoms with van der Waals surface area (Å²) in [6, 6.07) is 8.83. The lowest BCUT2D eigenvalue weighted by molar-refractivity contribution is 0.0793. The highest BCUT2D eigenvalue weighted by atomic mass is 32.2. The molecule has 0 bridgehead atoms. The topological polar surface area (TPSA) is 87.4 Å². The number of aliphatic hydroxyl groups is 1. The fraction of sp³-hybridized carbons (Fsp3) is 0.533. The number of hydrogen-bond donors (Lipinski definition) is 1. The van der Waals surface area contributed by atoms with E-state index in [0.717, 1.165) is 6.42 Å². The van der Waals surface area contributed by atoms with Gasteiger partial charge in [0.2, 0.25) is 0 Å². The van der Waals surface area contributed by atoms with Gasteiger partial charge in [-0.15, -0.1) is 0 Å². The zero-order valence-corrected chi connectivity index (χ0v) is 12.8. The molecule has 1 fully saturated rings. The van der Waals surface area contributed by atoms with Crippen LogP contribution in [0.25, 0.3) is 0 Å². The van der Waals surface area contributed by atoms with Crippen molar-refractivity contribution < 1.29 is 18.3 Å². The van der Waals surface area contributed by atoms with E-state index in [1.165, 1.54) is 0 Å². The molecule has 0 saturated carbocycles. The summed E-state index contributed by atoms with van der Waals surface area (Å²) in [7, 11) is -3.25. The van der Waals surface area contributed by atoms with Crippen LogP contribution >= 0.6 is 0 Å². The lowest BCUT2D eigenvalue weighted by Crippen LogP contribution is -2.28. The summed E-state index contributed by atoms with van der Waals surface area (Å²) in [5.74, 6) is 0.360. The van der Waals surface area contributed by atoms with Gasteiger partial charge >= 0.3 is 0 Å². The van der Waals surface area contributed by atoms with Crippen molar-refractivity contribution >= 4 is 9.84 Å². The van der Waals surface area contributed by atoms with E-state index in [9.17, 15) is 18.8 Å². The van der Waals surface area contributed by atoms with Gasteiger partial charge in [0.05, 0.1) is 30.3 Å². The van der Waals surface area contributed by atoms with E-state index in [1.807, 2.05) is 13.0 Å². The van der Waals surface area contributed by atoms with Gasteiger partial charge in [-0.05, 0) is 30.5 Å². The molecular weight excluding hydrogens is 290 g/mol. The maximum Gasteiger partial charge on any atom is 0.152 e. The molecule has 114 valence electrons. The Bertz CT molecular complexity index is 633. The average molecular weight is 309 g/mol. The Hall–Kier alpha value is -1.58. The Balaban J connectivity index is 2.19. The number of hydrogen-bond acceptors (Lipinski definition) is 5. The Morgan fingerprint density at radius 2 is 2.10 bits per heavy atom. The number of nitriles is 1. The van der Waals surface area contributed by atoms with Gasteiger partial charge < -0.3 is 9.84 Å². The third kappa shape index (κ3) is 3.36. The maximum atomic E-state index is 11.6. The molecule has 2 rings (SSSR count). The SMILES string of the molecule is CCCOc1ccc(C(O)C2(C#N)CCS(=O)(=O)C2)cc1. The second kappa shape index (κ2) is 6.04. The summed E-state index contributed by atoms with van der Waals surface area (Å²) in [5, 5.41) is 19.8. The van der Waals surface area contributed by atoms with Crippen molar-refractivity contribution in [1.29, 1.82) is 5.26 Å². The second-order valence-electron chi connectivity index (χ2n) is 5.43. The van der Waals surface area contributed by atoms with Gasteiger partial charge in [0.15, 0.2) is 9.84 Å². The molecule has 1 aromatic rings. The van der Waals surface area contributed by atoms with E-state index in [4.69, 9.17) is 4.74 Å². The monoisotopic (exact) mass is 309 g/mol. The van der Waals surface area contributed by atoms with Crippen LogP contribution < -0.4 is 4.74 Å². The van der Waals surface area contributed by atoms with Gasteiger partial charge in [-0.3, -0.25) is 0 Å². The number of aliphatic hydroxyl groups excluding tert-OH is 1. The molecule has 1 aliphatic heterocycles. The Kier molecular flexibility index (Phi) is 4.55. The highest BCUT2D eigenvalue weighted by molar-refractivity contribution is 7.91. The van der Waals surface area contributed by atoms with Crippen LogP contribution in [0, 0.1) is 16.7 Å². The number of rotatable bonds is 5. The van der Waals surface area contributed by atoms with Gasteiger partial charge in [0, 0.05) is 0 Å². The minimum Gasteiger partial charge on any atom is -0.494 e. The van der Waals surface area contributed by atoms with E-state index in [0.29, 0.717) is 17.9 Å². The third-order valence-electron chi connectivity index (χ3n) is 3.75. The first-order chi connectivity index (χ1) is 9.92. The molecule has 0 aromatic heterocycles. The van der Waals surface area contributed by atoms with Gasteiger partial charge in [0.25, 0.3) is 0 Å². The minimum atomic E-state index is -3.25. The molecule has 1 saturated heterocycles. The van der Waals surface area contributed by atoms with Gasteiger partial charge in [-0.2, -0.15) is 5.26 Å². The number of ether oxygens (including phenoxy) is 1. The minimum absolute atomic E-state index is 0.0463. The van der Waals surface area contributed by atoms with Crippen LogP contribution in [0.2, 0.25) is 0 Å². The first-order valence-electron chi connectivity index (χ1n) is 6.95. The highest BCUT2D eigenvalue weighted by Crippen LogP contribution is 2.43. The van der Waals surface area contributed by atoms with Crippen LogP contribution in [-0.4, -0.2) is 31.6 Å². The molecular formula is C15H19NO4S. The van der Waals surface area contributed by atoms with E-state index < -0.39 is 21.4 Å². The molecule has 1 heterocycles. The van der Waals surface area contributed by atoms with Crippen LogP contribution in [0.4, 0.5) is 0 Å². The van der Waals surface area contributed by atoms with Crippen LogP contribution in [-0.2, 0) is 9.84 Å². The fourth-order valence-electron chi connectivity index (χ4n) is 2.52. The summed E-state index contributed by atoms with van der Waals surface area (Å²) < 4.78 is 28.7. The quantitative estimate of drug-likeness (QED) is 0.896. The van der Waals surface area contributed by atoms with Crippen molar-refractivity contribution in [3.05, 3.63) is 29.8 Å². The molecule has 2 unspecified atom stereocenters. The van der Waals surface area contributed by atoms with Crippen LogP contribution in [0.15, 0.2) is 24.3 Å². The summed E-state index contributed by atoms with van der Waals surface area (Å²) in [4.78, 5) is 0. The Morgan fingerprint density at radius 3 is 2.57 bits per heavy atom. The summed E-state index contributed by atoms with van der Waals surface area (Å²) in [5.41, 5.74) is -0.706.